The van der Waals surface area contributed by atoms with Gasteiger partial charge in [0.1, 0.15) is 0 Å². The molecule has 0 spiro atoms. The molecule has 0 aromatic carbocycles. The summed E-state index contributed by atoms with van der Waals surface area (Å²) in [5.41, 5.74) is 0. The molecule has 0 aliphatic carbocycles. The maximum absolute atomic E-state index is 8.00. The second kappa shape index (κ2) is 11.8. The molecule has 3 nitrogen and oxygen atoms in total. The summed E-state index contributed by atoms with van der Waals surface area (Å²) in [4.78, 5) is 0. The Bertz CT molecular complexity index is 172. The zero-order valence-corrected chi connectivity index (χ0v) is 10.9. The first kappa shape index (κ1) is 16.4. The Balaban J connectivity index is 0.000000250. The lowest BCUT2D eigenvalue weighted by atomic mass is 10.2. The maximum Gasteiger partial charge on any atom is 0.0859 e. The number of hydrogen-bond acceptors (Lipinski definition) is 3. The molecule has 3 heteroatoms. The van der Waals surface area contributed by atoms with Crippen molar-refractivity contribution >= 4 is 0 Å². The summed E-state index contributed by atoms with van der Waals surface area (Å²) in [5, 5.41) is 8.00. The molecule has 2 aliphatic rings. The van der Waals surface area contributed by atoms with Crippen LogP contribution in [-0.2, 0) is 9.47 Å². The monoisotopic (exact) mass is 242 g/mol. The minimum absolute atomic E-state index is 0.226. The van der Waals surface area contributed by atoms with Gasteiger partial charge in [-0.05, 0) is 25.7 Å². The van der Waals surface area contributed by atoms with Gasteiger partial charge in [-0.3, -0.25) is 0 Å². The molecule has 0 unspecified atom stereocenters. The van der Waals surface area contributed by atoms with E-state index in [2.05, 4.69) is 20.1 Å². The summed E-state index contributed by atoms with van der Waals surface area (Å²) in [5.74, 6) is 0. The molecule has 0 amide bonds. The second-order valence-corrected chi connectivity index (χ2v) is 3.89. The highest BCUT2D eigenvalue weighted by atomic mass is 16.6. The highest BCUT2D eigenvalue weighted by Crippen LogP contribution is 2.25. The van der Waals surface area contributed by atoms with Crippen molar-refractivity contribution in [2.75, 3.05) is 19.8 Å². The third-order valence-electron chi connectivity index (χ3n) is 2.51. The van der Waals surface area contributed by atoms with Gasteiger partial charge in [-0.15, -0.1) is 13.2 Å². The number of rotatable bonds is 3. The van der Waals surface area contributed by atoms with Crippen molar-refractivity contribution in [2.24, 2.45) is 0 Å². The van der Waals surface area contributed by atoms with Crippen molar-refractivity contribution in [1.29, 1.82) is 0 Å². The van der Waals surface area contributed by atoms with Gasteiger partial charge in [0.15, 0.2) is 0 Å². The largest absolute Gasteiger partial charge is 0.396 e. The number of hydrogen-bond donors (Lipinski definition) is 1. The Morgan fingerprint density at radius 2 is 1.59 bits per heavy atom. The normalized spacial score (nSPS) is 24.8. The fourth-order valence-corrected chi connectivity index (χ4v) is 1.52. The standard InChI is InChI=1S/C6H10O2.C4H8O.C4H8/c1-3-7-6-2-4-8-5(1)6;1-2-3-4-5;1-3-4-2/h5-6H,1-4H2;2,5H,1,3-4H2;3H,1,4H2,2H3/t5-,6-;;/m1../s1. The average molecular weight is 242 g/mol. The van der Waals surface area contributed by atoms with Crippen LogP contribution in [0.4, 0.5) is 0 Å². The Morgan fingerprint density at radius 3 is 1.82 bits per heavy atom. The van der Waals surface area contributed by atoms with Crippen molar-refractivity contribution in [3.05, 3.63) is 25.3 Å². The number of fused-ring (bicyclic) bond motifs is 1. The van der Waals surface area contributed by atoms with E-state index < -0.39 is 0 Å². The molecule has 2 heterocycles. The van der Waals surface area contributed by atoms with E-state index in [1.165, 1.54) is 0 Å². The van der Waals surface area contributed by atoms with Crippen LogP contribution in [0.1, 0.15) is 32.6 Å². The molecule has 0 aromatic heterocycles. The highest BCUT2D eigenvalue weighted by Gasteiger charge is 2.33. The van der Waals surface area contributed by atoms with Crippen LogP contribution in [0.3, 0.4) is 0 Å². The summed E-state index contributed by atoms with van der Waals surface area (Å²) in [7, 11) is 0. The van der Waals surface area contributed by atoms with Gasteiger partial charge in [-0.2, -0.15) is 0 Å². The Morgan fingerprint density at radius 1 is 1.12 bits per heavy atom. The molecule has 0 aromatic rings. The van der Waals surface area contributed by atoms with E-state index in [4.69, 9.17) is 14.6 Å². The van der Waals surface area contributed by atoms with Crippen LogP contribution in [0.5, 0.6) is 0 Å². The van der Waals surface area contributed by atoms with E-state index in [-0.39, 0.29) is 6.61 Å². The lowest BCUT2D eigenvalue weighted by Gasteiger charge is -2.03. The molecule has 2 rings (SSSR count). The summed E-state index contributed by atoms with van der Waals surface area (Å²) in [6.07, 6.45) is 8.49. The fraction of sp³-hybridized carbons (Fsp3) is 0.714. The fourth-order valence-electron chi connectivity index (χ4n) is 1.52. The second-order valence-electron chi connectivity index (χ2n) is 3.89. The number of allylic oxidation sites excluding steroid dienone is 1. The summed E-state index contributed by atoms with van der Waals surface area (Å²) >= 11 is 0. The van der Waals surface area contributed by atoms with Crippen molar-refractivity contribution in [2.45, 2.75) is 44.8 Å². The summed E-state index contributed by atoms with van der Waals surface area (Å²) in [6, 6.07) is 0. The topological polar surface area (TPSA) is 38.7 Å². The van der Waals surface area contributed by atoms with E-state index >= 15 is 0 Å². The third kappa shape index (κ3) is 8.13. The first-order chi connectivity index (χ1) is 8.29. The van der Waals surface area contributed by atoms with Crippen LogP contribution in [0.2, 0.25) is 0 Å². The van der Waals surface area contributed by atoms with Crippen molar-refractivity contribution in [3.8, 4) is 0 Å². The van der Waals surface area contributed by atoms with E-state index in [0.29, 0.717) is 18.6 Å². The lowest BCUT2D eigenvalue weighted by Crippen LogP contribution is -2.13. The predicted molar refractivity (Wildman–Crippen MR) is 71.1 cm³/mol. The SMILES string of the molecule is C1C[C@H]2OCC[C@H]2O1.C=CCC.C=CCCO. The summed E-state index contributed by atoms with van der Waals surface area (Å²) in [6.45, 7) is 11.0. The van der Waals surface area contributed by atoms with Gasteiger partial charge in [0.05, 0.1) is 12.2 Å². The Hall–Kier alpha value is -0.640. The molecule has 2 aliphatic heterocycles. The van der Waals surface area contributed by atoms with E-state index in [1.54, 1.807) is 6.08 Å². The molecule has 0 bridgehead atoms. The quantitative estimate of drug-likeness (QED) is 0.773. The van der Waals surface area contributed by atoms with Gasteiger partial charge in [0, 0.05) is 19.8 Å². The van der Waals surface area contributed by atoms with Crippen LogP contribution < -0.4 is 0 Å². The van der Waals surface area contributed by atoms with Gasteiger partial charge in [0.25, 0.3) is 0 Å². The number of aliphatic hydroxyl groups is 1. The van der Waals surface area contributed by atoms with Crippen LogP contribution in [-0.4, -0.2) is 37.1 Å². The molecular weight excluding hydrogens is 216 g/mol. The highest BCUT2D eigenvalue weighted by molar-refractivity contribution is 4.81. The molecule has 100 valence electrons. The number of ether oxygens (including phenoxy) is 2. The molecule has 0 saturated carbocycles. The van der Waals surface area contributed by atoms with Crippen LogP contribution in [0.15, 0.2) is 25.3 Å². The third-order valence-corrected chi connectivity index (χ3v) is 2.51. The number of aliphatic hydroxyl groups excluding tert-OH is 1. The van der Waals surface area contributed by atoms with Gasteiger partial charge in [-0.25, -0.2) is 0 Å². The average Bonchev–Trinajstić information content (AvgIpc) is 2.94. The lowest BCUT2D eigenvalue weighted by molar-refractivity contribution is 0.0732. The van der Waals surface area contributed by atoms with Gasteiger partial charge >= 0.3 is 0 Å². The van der Waals surface area contributed by atoms with E-state index in [9.17, 15) is 0 Å². The molecular formula is C14H26O3. The smallest absolute Gasteiger partial charge is 0.0859 e. The van der Waals surface area contributed by atoms with Crippen molar-refractivity contribution in [1.82, 2.24) is 0 Å². The van der Waals surface area contributed by atoms with Crippen molar-refractivity contribution < 1.29 is 14.6 Å². The first-order valence-corrected chi connectivity index (χ1v) is 6.35. The summed E-state index contributed by atoms with van der Waals surface area (Å²) < 4.78 is 10.7. The van der Waals surface area contributed by atoms with Gasteiger partial charge < -0.3 is 14.6 Å². The first-order valence-electron chi connectivity index (χ1n) is 6.35. The van der Waals surface area contributed by atoms with Crippen LogP contribution in [0.25, 0.3) is 0 Å². The zero-order valence-electron chi connectivity index (χ0n) is 10.9. The molecule has 1 N–H and O–H groups in total. The minimum Gasteiger partial charge on any atom is -0.396 e. The molecule has 0 radical (unpaired) electrons. The van der Waals surface area contributed by atoms with E-state index in [1.807, 2.05) is 6.08 Å². The van der Waals surface area contributed by atoms with Crippen LogP contribution >= 0.6 is 0 Å². The van der Waals surface area contributed by atoms with E-state index in [0.717, 1.165) is 32.5 Å². The van der Waals surface area contributed by atoms with Crippen LogP contribution in [0, 0.1) is 0 Å². The molecule has 2 atom stereocenters. The molecule has 17 heavy (non-hydrogen) atoms. The zero-order chi connectivity index (χ0) is 12.9. The Kier molecular flexibility index (Phi) is 11.4. The minimum atomic E-state index is 0.226. The predicted octanol–water partition coefficient (Wildman–Crippen LogP) is 2.70. The molecule has 2 fully saturated rings. The molecule has 2 saturated heterocycles. The Labute approximate surface area is 105 Å². The van der Waals surface area contributed by atoms with Gasteiger partial charge in [-0.1, -0.05) is 19.1 Å². The maximum atomic E-state index is 8.00. The van der Waals surface area contributed by atoms with Gasteiger partial charge in [0.2, 0.25) is 0 Å². The van der Waals surface area contributed by atoms with Crippen molar-refractivity contribution in [3.63, 3.8) is 0 Å².